The molecule has 0 aliphatic heterocycles. The van der Waals surface area contributed by atoms with E-state index in [0.717, 1.165) is 18.7 Å². The lowest BCUT2D eigenvalue weighted by atomic mass is 10.2. The number of nitrogens with two attached hydrogens (primary N) is 1. The maximum Gasteiger partial charge on any atom is 0.316 e. The molecule has 0 amide bonds. The van der Waals surface area contributed by atoms with Crippen molar-refractivity contribution >= 4 is 23.5 Å². The fourth-order valence-corrected chi connectivity index (χ4v) is 2.15. The Morgan fingerprint density at radius 1 is 1.45 bits per heavy atom. The predicted octanol–water partition coefficient (Wildman–Crippen LogP) is 2.15. The van der Waals surface area contributed by atoms with Crippen molar-refractivity contribution in [2.24, 2.45) is 5.84 Å². The number of rotatable bonds is 6. The quantitative estimate of drug-likeness (QED) is 0.273. The highest BCUT2D eigenvalue weighted by Crippen LogP contribution is 2.20. The van der Waals surface area contributed by atoms with Crippen LogP contribution in [0.4, 0.5) is 5.82 Å². The number of thioether (sulfide) groups is 1. The summed E-state index contributed by atoms with van der Waals surface area (Å²) in [6.07, 6.45) is 1.72. The van der Waals surface area contributed by atoms with Gasteiger partial charge in [0.15, 0.2) is 0 Å². The lowest BCUT2D eigenvalue weighted by Crippen LogP contribution is -2.25. The second kappa shape index (κ2) is 7.44. The lowest BCUT2D eigenvalue weighted by molar-refractivity contribution is -0.151. The van der Waals surface area contributed by atoms with E-state index in [-0.39, 0.29) is 11.7 Å². The number of nitrogens with one attached hydrogen (secondary N) is 1. The molecule has 0 aromatic carbocycles. The normalized spacial score (nSPS) is 11.2. The standard InChI is InChI=1S/C13H22N4O2S/c1-5-6-9-15-10(17-14)7-11(16-9)20-8-12(18)19-13(2,3)4/h7H,5-6,8,14H2,1-4H3,(H,15,16,17). The van der Waals surface area contributed by atoms with Crippen LogP contribution in [-0.4, -0.2) is 27.3 Å². The molecule has 7 heteroatoms. The first-order valence-corrected chi connectivity index (χ1v) is 7.52. The summed E-state index contributed by atoms with van der Waals surface area (Å²) in [6, 6.07) is 1.72. The van der Waals surface area contributed by atoms with Gasteiger partial charge in [-0.25, -0.2) is 15.8 Å². The number of anilines is 1. The Balaban J connectivity index is 2.67. The number of ether oxygens (including phenoxy) is 1. The van der Waals surface area contributed by atoms with Crippen LogP contribution >= 0.6 is 11.8 Å². The number of esters is 1. The molecule has 0 aliphatic carbocycles. The van der Waals surface area contributed by atoms with Gasteiger partial charge in [0.25, 0.3) is 0 Å². The van der Waals surface area contributed by atoms with Crippen molar-refractivity contribution in [1.82, 2.24) is 9.97 Å². The molecule has 112 valence electrons. The van der Waals surface area contributed by atoms with Crippen molar-refractivity contribution in [3.8, 4) is 0 Å². The summed E-state index contributed by atoms with van der Waals surface area (Å²) in [6.45, 7) is 7.58. The Morgan fingerprint density at radius 3 is 2.70 bits per heavy atom. The molecule has 1 aromatic rings. The average Bonchev–Trinajstić information content (AvgIpc) is 2.34. The monoisotopic (exact) mass is 298 g/mol. The number of carbonyl (C=O) groups excluding carboxylic acids is 1. The van der Waals surface area contributed by atoms with Gasteiger partial charge in [-0.1, -0.05) is 18.7 Å². The van der Waals surface area contributed by atoms with Gasteiger partial charge in [-0.15, -0.1) is 0 Å². The fraction of sp³-hybridized carbons (Fsp3) is 0.615. The number of aryl methyl sites for hydroxylation is 1. The first kappa shape index (κ1) is 16.7. The van der Waals surface area contributed by atoms with Gasteiger partial charge in [-0.2, -0.15) is 0 Å². The van der Waals surface area contributed by atoms with Crippen LogP contribution in [0, 0.1) is 0 Å². The van der Waals surface area contributed by atoms with Crippen LogP contribution in [0.3, 0.4) is 0 Å². The average molecular weight is 298 g/mol. The fourth-order valence-electron chi connectivity index (χ4n) is 1.46. The third-order valence-corrected chi connectivity index (χ3v) is 3.01. The van der Waals surface area contributed by atoms with Gasteiger partial charge >= 0.3 is 5.97 Å². The Bertz CT molecular complexity index is 460. The Kier molecular flexibility index (Phi) is 6.22. The summed E-state index contributed by atoms with van der Waals surface area (Å²) in [7, 11) is 0. The van der Waals surface area contributed by atoms with Crippen molar-refractivity contribution in [3.05, 3.63) is 11.9 Å². The molecule has 0 bridgehead atoms. The van der Waals surface area contributed by atoms with Crippen molar-refractivity contribution in [2.75, 3.05) is 11.2 Å². The van der Waals surface area contributed by atoms with Crippen LogP contribution < -0.4 is 11.3 Å². The maximum atomic E-state index is 11.7. The molecule has 0 spiro atoms. The number of carbonyl (C=O) groups is 1. The van der Waals surface area contributed by atoms with Gasteiger partial charge in [0, 0.05) is 12.5 Å². The zero-order valence-electron chi connectivity index (χ0n) is 12.4. The van der Waals surface area contributed by atoms with E-state index in [0.29, 0.717) is 10.8 Å². The number of hydrogen-bond donors (Lipinski definition) is 2. The third-order valence-electron chi connectivity index (χ3n) is 2.13. The Labute approximate surface area is 123 Å². The van der Waals surface area contributed by atoms with Crippen LogP contribution in [0.1, 0.15) is 39.9 Å². The molecule has 1 heterocycles. The summed E-state index contributed by atoms with van der Waals surface area (Å²) in [5.74, 6) is 6.60. The molecule has 0 saturated carbocycles. The van der Waals surface area contributed by atoms with E-state index >= 15 is 0 Å². The highest BCUT2D eigenvalue weighted by molar-refractivity contribution is 7.99. The molecule has 0 unspecified atom stereocenters. The summed E-state index contributed by atoms with van der Waals surface area (Å²) < 4.78 is 5.25. The van der Waals surface area contributed by atoms with E-state index in [1.165, 1.54) is 11.8 Å². The van der Waals surface area contributed by atoms with E-state index in [2.05, 4.69) is 22.3 Å². The second-order valence-electron chi connectivity index (χ2n) is 5.28. The summed E-state index contributed by atoms with van der Waals surface area (Å²) in [5.41, 5.74) is 2.04. The topological polar surface area (TPSA) is 90.1 Å². The number of nitrogens with zero attached hydrogens (tertiary/aromatic N) is 2. The maximum absolute atomic E-state index is 11.7. The zero-order valence-corrected chi connectivity index (χ0v) is 13.2. The summed E-state index contributed by atoms with van der Waals surface area (Å²) >= 11 is 1.32. The van der Waals surface area contributed by atoms with Crippen LogP contribution in [0.25, 0.3) is 0 Å². The van der Waals surface area contributed by atoms with Crippen LogP contribution in [0.5, 0.6) is 0 Å². The second-order valence-corrected chi connectivity index (χ2v) is 6.27. The molecule has 20 heavy (non-hydrogen) atoms. The number of hydrogen-bond acceptors (Lipinski definition) is 7. The number of aromatic nitrogens is 2. The van der Waals surface area contributed by atoms with E-state index in [1.807, 2.05) is 20.8 Å². The molecule has 0 fully saturated rings. The van der Waals surface area contributed by atoms with Crippen molar-refractivity contribution < 1.29 is 9.53 Å². The lowest BCUT2D eigenvalue weighted by Gasteiger charge is -2.19. The molecule has 0 atom stereocenters. The van der Waals surface area contributed by atoms with Gasteiger partial charge in [0.1, 0.15) is 22.3 Å². The summed E-state index contributed by atoms with van der Waals surface area (Å²) in [4.78, 5) is 20.3. The van der Waals surface area contributed by atoms with Crippen LogP contribution in [0.2, 0.25) is 0 Å². The molecule has 6 nitrogen and oxygen atoms in total. The molecule has 0 aliphatic rings. The van der Waals surface area contributed by atoms with Crippen molar-refractivity contribution in [2.45, 2.75) is 51.2 Å². The van der Waals surface area contributed by atoms with E-state index < -0.39 is 5.60 Å². The van der Waals surface area contributed by atoms with Gasteiger partial charge in [-0.3, -0.25) is 4.79 Å². The predicted molar refractivity (Wildman–Crippen MR) is 80.4 cm³/mol. The van der Waals surface area contributed by atoms with Crippen LogP contribution in [0.15, 0.2) is 11.1 Å². The van der Waals surface area contributed by atoms with E-state index in [1.54, 1.807) is 6.07 Å². The first-order valence-electron chi connectivity index (χ1n) is 6.53. The Morgan fingerprint density at radius 2 is 2.15 bits per heavy atom. The minimum absolute atomic E-state index is 0.212. The number of nitrogen functional groups attached to an aromatic ring is 1. The van der Waals surface area contributed by atoms with E-state index in [4.69, 9.17) is 10.6 Å². The van der Waals surface area contributed by atoms with Crippen LogP contribution in [-0.2, 0) is 16.0 Å². The first-order chi connectivity index (χ1) is 9.34. The molecule has 1 aromatic heterocycles. The summed E-state index contributed by atoms with van der Waals surface area (Å²) in [5, 5.41) is 0.710. The van der Waals surface area contributed by atoms with Gasteiger partial charge < -0.3 is 10.2 Å². The highest BCUT2D eigenvalue weighted by Gasteiger charge is 2.16. The smallest absolute Gasteiger partial charge is 0.316 e. The molecular formula is C13H22N4O2S. The SMILES string of the molecule is CCCc1nc(NN)cc(SCC(=O)OC(C)(C)C)n1. The molecule has 3 N–H and O–H groups in total. The molecule has 0 saturated heterocycles. The highest BCUT2D eigenvalue weighted by atomic mass is 32.2. The van der Waals surface area contributed by atoms with Gasteiger partial charge in [-0.05, 0) is 27.2 Å². The minimum Gasteiger partial charge on any atom is -0.459 e. The van der Waals surface area contributed by atoms with Gasteiger partial charge in [0.2, 0.25) is 0 Å². The van der Waals surface area contributed by atoms with E-state index in [9.17, 15) is 4.79 Å². The molecule has 1 rings (SSSR count). The zero-order chi connectivity index (χ0) is 15.2. The third kappa shape index (κ3) is 6.21. The van der Waals surface area contributed by atoms with Gasteiger partial charge in [0.05, 0.1) is 5.75 Å². The largest absolute Gasteiger partial charge is 0.459 e. The number of hydrazine groups is 1. The molecule has 0 radical (unpaired) electrons. The molecular weight excluding hydrogens is 276 g/mol. The van der Waals surface area contributed by atoms with Crippen molar-refractivity contribution in [1.29, 1.82) is 0 Å². The Hall–Kier alpha value is -1.34. The minimum atomic E-state index is -0.472. The van der Waals surface area contributed by atoms with Crippen molar-refractivity contribution in [3.63, 3.8) is 0 Å².